The number of hydrogen-bond donors (Lipinski definition) is 5. The minimum atomic E-state index is -0.908. The summed E-state index contributed by atoms with van der Waals surface area (Å²) in [4.78, 5) is 38.2. The first-order valence-electron chi connectivity index (χ1n) is 9.54. The number of rotatable bonds is 4. The van der Waals surface area contributed by atoms with Crippen LogP contribution in [0.4, 0.5) is 11.4 Å². The molecule has 168 valence electrons. The smallest absolute Gasteiger partial charge is 0.229 e. The topological polar surface area (TPSA) is 111 Å². The maximum atomic E-state index is 13.0. The summed E-state index contributed by atoms with van der Waals surface area (Å²) in [5.41, 5.74) is 0.901. The van der Waals surface area contributed by atoms with Gasteiger partial charge in [-0.25, -0.2) is 0 Å². The predicted molar refractivity (Wildman–Crippen MR) is 124 cm³/mol. The zero-order valence-corrected chi connectivity index (χ0v) is 19.2. The second-order valence-corrected chi connectivity index (χ2v) is 9.12. The molecule has 0 saturated carbocycles. The van der Waals surface area contributed by atoms with Crippen LogP contribution in [0.1, 0.15) is 6.42 Å². The van der Waals surface area contributed by atoms with Crippen LogP contribution in [-0.2, 0) is 14.4 Å². The molecule has 0 aliphatic carbocycles. The molecule has 0 radical (unpaired) electrons. The van der Waals surface area contributed by atoms with Gasteiger partial charge in [-0.2, -0.15) is 0 Å². The highest BCUT2D eigenvalue weighted by molar-refractivity contribution is 6.37. The van der Waals surface area contributed by atoms with E-state index in [0.29, 0.717) is 26.4 Å². The Morgan fingerprint density at radius 2 is 1.66 bits per heavy atom. The van der Waals surface area contributed by atoms with Gasteiger partial charge < -0.3 is 21.3 Å². The molecule has 0 bridgehead atoms. The summed E-state index contributed by atoms with van der Waals surface area (Å²) in [5, 5.41) is 15.8. The van der Waals surface area contributed by atoms with Gasteiger partial charge in [-0.05, 0) is 36.4 Å². The first-order valence-corrected chi connectivity index (χ1v) is 11.0. The van der Waals surface area contributed by atoms with Crippen LogP contribution in [0.5, 0.6) is 0 Å². The molecule has 2 aromatic rings. The van der Waals surface area contributed by atoms with Gasteiger partial charge in [0.05, 0.1) is 28.7 Å². The monoisotopic (exact) mass is 515 g/mol. The molecule has 32 heavy (non-hydrogen) atoms. The van der Waals surface area contributed by atoms with Crippen LogP contribution in [0.25, 0.3) is 0 Å². The van der Waals surface area contributed by atoms with Crippen molar-refractivity contribution in [1.82, 2.24) is 16.0 Å². The van der Waals surface area contributed by atoms with E-state index in [0.717, 1.165) is 0 Å². The van der Waals surface area contributed by atoms with Crippen molar-refractivity contribution in [2.75, 3.05) is 10.6 Å². The van der Waals surface area contributed by atoms with Crippen LogP contribution in [0.2, 0.25) is 20.1 Å². The third-order valence-corrected chi connectivity index (χ3v) is 6.13. The molecule has 4 atom stereocenters. The average molecular weight is 517 g/mol. The van der Waals surface area contributed by atoms with E-state index in [1.165, 1.54) is 6.07 Å². The van der Waals surface area contributed by atoms with Crippen molar-refractivity contribution in [3.05, 3.63) is 56.5 Å². The predicted octanol–water partition coefficient (Wildman–Crippen LogP) is 3.43. The van der Waals surface area contributed by atoms with Gasteiger partial charge in [0, 0.05) is 27.2 Å². The second-order valence-electron chi connectivity index (χ2n) is 7.41. The van der Waals surface area contributed by atoms with E-state index < -0.39 is 36.1 Å². The van der Waals surface area contributed by atoms with Crippen molar-refractivity contribution in [3.8, 4) is 0 Å². The quantitative estimate of drug-likeness (QED) is 0.427. The fourth-order valence-electron chi connectivity index (χ4n) is 3.77. The number of hydrogen-bond acceptors (Lipinski definition) is 5. The van der Waals surface area contributed by atoms with Gasteiger partial charge in [0.2, 0.25) is 17.7 Å². The minimum Gasteiger partial charge on any atom is -0.353 e. The summed E-state index contributed by atoms with van der Waals surface area (Å²) >= 11 is 24.0. The Bertz CT molecular complexity index is 1080. The highest BCUT2D eigenvalue weighted by atomic mass is 35.5. The lowest BCUT2D eigenvalue weighted by Gasteiger charge is -2.43. The molecule has 2 aliphatic rings. The average Bonchev–Trinajstić information content (AvgIpc) is 2.68. The molecule has 2 saturated heterocycles. The summed E-state index contributed by atoms with van der Waals surface area (Å²) in [6.07, 6.45) is -1.64. The standard InChI is InChI=1S/C20H17Cl4N5O3/c21-8-1-2-14(13(24)6-8)26-18(31)12-7-15(30)27-17-16(12)19(32)29-20(28-17)25-11-4-9(22)3-10(23)5-11/h1-6,12,16-17,20,25,28H,7H2,(H,26,31)(H,27,30)(H,29,32). The molecule has 3 amide bonds. The molecule has 8 nitrogen and oxygen atoms in total. The summed E-state index contributed by atoms with van der Waals surface area (Å²) in [6.45, 7) is 0. The molecule has 2 heterocycles. The Hall–Kier alpha value is -2.23. The van der Waals surface area contributed by atoms with Crippen LogP contribution in [0, 0.1) is 11.8 Å². The molecular weight excluding hydrogens is 500 g/mol. The van der Waals surface area contributed by atoms with E-state index in [1.807, 2.05) is 0 Å². The van der Waals surface area contributed by atoms with Crippen molar-refractivity contribution in [2.24, 2.45) is 11.8 Å². The molecule has 4 unspecified atom stereocenters. The zero-order valence-electron chi connectivity index (χ0n) is 16.2. The first-order chi connectivity index (χ1) is 15.2. The van der Waals surface area contributed by atoms with Crippen molar-refractivity contribution in [1.29, 1.82) is 0 Å². The first kappa shape index (κ1) is 22.9. The van der Waals surface area contributed by atoms with Crippen molar-refractivity contribution in [2.45, 2.75) is 18.9 Å². The zero-order chi connectivity index (χ0) is 23.0. The Labute approximate surface area is 203 Å². The van der Waals surface area contributed by atoms with Gasteiger partial charge >= 0.3 is 0 Å². The number of halogens is 4. The fourth-order valence-corrected chi connectivity index (χ4v) is 4.76. The normalized spacial score (nSPS) is 24.8. The number of piperidine rings is 1. The van der Waals surface area contributed by atoms with Gasteiger partial charge in [-0.15, -0.1) is 0 Å². The fraction of sp³-hybridized carbons (Fsp3) is 0.250. The van der Waals surface area contributed by atoms with Gasteiger partial charge in [-0.1, -0.05) is 46.4 Å². The SMILES string of the molecule is O=C1CC(C(=O)Nc2ccc(Cl)cc2Cl)C2C(=O)NC(Nc3cc(Cl)cc(Cl)c3)NC2N1. The molecule has 4 rings (SSSR count). The highest BCUT2D eigenvalue weighted by Crippen LogP contribution is 2.31. The molecule has 0 aromatic heterocycles. The molecule has 5 N–H and O–H groups in total. The molecule has 12 heteroatoms. The number of anilines is 2. The maximum absolute atomic E-state index is 13.0. The third-order valence-electron chi connectivity index (χ3n) is 5.15. The van der Waals surface area contributed by atoms with E-state index in [9.17, 15) is 14.4 Å². The minimum absolute atomic E-state index is 0.144. The van der Waals surface area contributed by atoms with E-state index in [2.05, 4.69) is 26.6 Å². The van der Waals surface area contributed by atoms with Crippen molar-refractivity contribution in [3.63, 3.8) is 0 Å². The summed E-state index contributed by atoms with van der Waals surface area (Å²) < 4.78 is 0. The number of nitrogens with one attached hydrogen (secondary N) is 5. The van der Waals surface area contributed by atoms with Gasteiger partial charge in [-0.3, -0.25) is 19.7 Å². The Kier molecular flexibility index (Phi) is 6.69. The van der Waals surface area contributed by atoms with Gasteiger partial charge in [0.25, 0.3) is 0 Å². The van der Waals surface area contributed by atoms with E-state index in [-0.39, 0.29) is 17.4 Å². The lowest BCUT2D eigenvalue weighted by Crippen LogP contribution is -2.72. The summed E-state index contributed by atoms with van der Waals surface area (Å²) in [7, 11) is 0. The number of carbonyl (C=O) groups excluding carboxylic acids is 3. The number of carbonyl (C=O) groups is 3. The highest BCUT2D eigenvalue weighted by Gasteiger charge is 2.48. The van der Waals surface area contributed by atoms with E-state index >= 15 is 0 Å². The maximum Gasteiger partial charge on any atom is 0.229 e. The largest absolute Gasteiger partial charge is 0.353 e. The lowest BCUT2D eigenvalue weighted by atomic mass is 9.81. The molecule has 2 aliphatic heterocycles. The van der Waals surface area contributed by atoms with Crippen LogP contribution in [0.3, 0.4) is 0 Å². The number of fused-ring (bicyclic) bond motifs is 1. The lowest BCUT2D eigenvalue weighted by molar-refractivity contribution is -0.144. The second kappa shape index (κ2) is 9.33. The van der Waals surface area contributed by atoms with Crippen LogP contribution < -0.4 is 26.6 Å². The molecule has 2 fully saturated rings. The van der Waals surface area contributed by atoms with E-state index in [4.69, 9.17) is 46.4 Å². The Balaban J connectivity index is 1.50. The molecule has 0 spiro atoms. The van der Waals surface area contributed by atoms with Crippen LogP contribution in [-0.4, -0.2) is 30.2 Å². The van der Waals surface area contributed by atoms with Crippen LogP contribution >= 0.6 is 46.4 Å². The molecule has 2 aromatic carbocycles. The van der Waals surface area contributed by atoms with Crippen LogP contribution in [0.15, 0.2) is 36.4 Å². The Morgan fingerprint density at radius 1 is 0.938 bits per heavy atom. The summed E-state index contributed by atoms with van der Waals surface area (Å²) in [5.74, 6) is -3.00. The number of amides is 3. The third kappa shape index (κ3) is 5.05. The van der Waals surface area contributed by atoms with E-state index in [1.54, 1.807) is 30.3 Å². The Morgan fingerprint density at radius 3 is 2.34 bits per heavy atom. The van der Waals surface area contributed by atoms with Crippen molar-refractivity contribution >= 4 is 75.5 Å². The molecular formula is C20H17Cl4N5O3. The van der Waals surface area contributed by atoms with Crippen molar-refractivity contribution < 1.29 is 14.4 Å². The van der Waals surface area contributed by atoms with Gasteiger partial charge in [0.15, 0.2) is 6.29 Å². The van der Waals surface area contributed by atoms with Gasteiger partial charge in [0.1, 0.15) is 0 Å². The number of benzene rings is 2. The summed E-state index contributed by atoms with van der Waals surface area (Å²) in [6, 6.07) is 9.47.